The summed E-state index contributed by atoms with van der Waals surface area (Å²) in [4.78, 5) is 1.98. The second-order valence-corrected chi connectivity index (χ2v) is 4.32. The van der Waals surface area contributed by atoms with Gasteiger partial charge in [0.2, 0.25) is 0 Å². The number of rotatable bonds is 2. The highest BCUT2D eigenvalue weighted by atomic mass is 35.5. The molecule has 0 radical (unpaired) electrons. The van der Waals surface area contributed by atoms with Crippen LogP contribution in [0.4, 0.5) is 4.39 Å². The predicted octanol–water partition coefficient (Wildman–Crippen LogP) is 3.14. The summed E-state index contributed by atoms with van der Waals surface area (Å²) >= 11 is 5.96. The van der Waals surface area contributed by atoms with Gasteiger partial charge in [-0.25, -0.2) is 4.39 Å². The molecule has 2 nitrogen and oxygen atoms in total. The van der Waals surface area contributed by atoms with Crippen LogP contribution in [0.2, 0.25) is 5.02 Å². The first-order valence-corrected chi connectivity index (χ1v) is 5.69. The molecule has 1 aliphatic rings. The molecule has 1 aliphatic heterocycles. The zero-order chi connectivity index (χ0) is 11.5. The summed E-state index contributed by atoms with van der Waals surface area (Å²) in [5.41, 5.74) is 0.313. The normalized spacial score (nSPS) is 18.3. The molecule has 1 heterocycles. The Labute approximate surface area is 99.2 Å². The van der Waals surface area contributed by atoms with Crippen molar-refractivity contribution in [3.05, 3.63) is 34.6 Å². The van der Waals surface area contributed by atoms with Crippen molar-refractivity contribution in [3.8, 4) is 6.07 Å². The molecule has 4 heteroatoms. The van der Waals surface area contributed by atoms with Gasteiger partial charge in [-0.1, -0.05) is 17.7 Å². The molecule has 2 rings (SSSR count). The molecule has 0 aromatic heterocycles. The van der Waals surface area contributed by atoms with E-state index in [0.717, 1.165) is 25.9 Å². The number of hydrogen-bond donors (Lipinski definition) is 0. The second-order valence-electron chi connectivity index (χ2n) is 3.91. The van der Waals surface area contributed by atoms with Crippen LogP contribution in [-0.2, 0) is 0 Å². The molecule has 16 heavy (non-hydrogen) atoms. The Hall–Kier alpha value is -1.11. The van der Waals surface area contributed by atoms with Gasteiger partial charge in [-0.15, -0.1) is 0 Å². The molecule has 0 N–H and O–H groups in total. The first-order valence-electron chi connectivity index (χ1n) is 5.31. The van der Waals surface area contributed by atoms with Gasteiger partial charge in [-0.3, -0.25) is 4.90 Å². The molecule has 1 saturated heterocycles. The molecule has 1 atom stereocenters. The molecule has 1 aromatic rings. The van der Waals surface area contributed by atoms with Crippen LogP contribution in [0.25, 0.3) is 0 Å². The molecule has 0 saturated carbocycles. The maximum absolute atomic E-state index is 13.7. The Morgan fingerprint density at radius 1 is 1.38 bits per heavy atom. The summed E-state index contributed by atoms with van der Waals surface area (Å²) in [6, 6.07) is 6.11. The first kappa shape index (κ1) is 11.4. The van der Waals surface area contributed by atoms with Crippen molar-refractivity contribution in [2.45, 2.75) is 18.9 Å². The summed E-state index contributed by atoms with van der Waals surface area (Å²) in [7, 11) is 0. The minimum Gasteiger partial charge on any atom is -0.284 e. The van der Waals surface area contributed by atoms with Gasteiger partial charge >= 0.3 is 0 Å². The van der Waals surface area contributed by atoms with Crippen LogP contribution in [0.15, 0.2) is 18.2 Å². The fourth-order valence-electron chi connectivity index (χ4n) is 2.10. The van der Waals surface area contributed by atoms with E-state index in [1.165, 1.54) is 6.07 Å². The van der Waals surface area contributed by atoms with Gasteiger partial charge in [0.1, 0.15) is 11.9 Å². The van der Waals surface area contributed by atoms with E-state index < -0.39 is 11.9 Å². The largest absolute Gasteiger partial charge is 0.284 e. The highest BCUT2D eigenvalue weighted by Crippen LogP contribution is 2.31. The maximum Gasteiger partial charge on any atom is 0.130 e. The lowest BCUT2D eigenvalue weighted by atomic mass is 10.1. The lowest BCUT2D eigenvalue weighted by molar-refractivity contribution is 0.288. The van der Waals surface area contributed by atoms with Crippen LogP contribution < -0.4 is 0 Å². The molecule has 1 unspecified atom stereocenters. The minimum absolute atomic E-state index is 0.313. The average Bonchev–Trinajstić information content (AvgIpc) is 2.77. The molecule has 1 aromatic carbocycles. The first-order chi connectivity index (χ1) is 7.74. The maximum atomic E-state index is 13.7. The number of likely N-dealkylation sites (tertiary alicyclic amines) is 1. The molecule has 84 valence electrons. The quantitative estimate of drug-likeness (QED) is 0.792. The van der Waals surface area contributed by atoms with Crippen LogP contribution in [0.3, 0.4) is 0 Å². The Morgan fingerprint density at radius 2 is 2.06 bits per heavy atom. The van der Waals surface area contributed by atoms with Gasteiger partial charge in [0.05, 0.1) is 6.07 Å². The lowest BCUT2D eigenvalue weighted by Gasteiger charge is -2.22. The summed E-state index contributed by atoms with van der Waals surface area (Å²) in [5.74, 6) is -0.397. The molecule has 0 amide bonds. The van der Waals surface area contributed by atoms with Crippen LogP contribution in [0.1, 0.15) is 24.4 Å². The van der Waals surface area contributed by atoms with Crippen molar-refractivity contribution in [1.29, 1.82) is 5.26 Å². The molecular formula is C12H12ClFN2. The topological polar surface area (TPSA) is 27.0 Å². The van der Waals surface area contributed by atoms with E-state index in [1.807, 2.05) is 4.90 Å². The van der Waals surface area contributed by atoms with Crippen molar-refractivity contribution in [2.24, 2.45) is 0 Å². The van der Waals surface area contributed by atoms with E-state index in [2.05, 4.69) is 6.07 Å². The van der Waals surface area contributed by atoms with Crippen molar-refractivity contribution in [2.75, 3.05) is 13.1 Å². The highest BCUT2D eigenvalue weighted by Gasteiger charge is 2.27. The predicted molar refractivity (Wildman–Crippen MR) is 60.6 cm³/mol. The van der Waals surface area contributed by atoms with Gasteiger partial charge in [0, 0.05) is 10.6 Å². The van der Waals surface area contributed by atoms with Crippen LogP contribution in [0.5, 0.6) is 0 Å². The third-order valence-corrected chi connectivity index (χ3v) is 3.23. The number of halogens is 2. The summed E-state index contributed by atoms with van der Waals surface area (Å²) in [6.45, 7) is 1.67. The molecule has 0 spiro atoms. The Balaban J connectivity index is 2.37. The third-order valence-electron chi connectivity index (χ3n) is 2.90. The van der Waals surface area contributed by atoms with E-state index >= 15 is 0 Å². The third kappa shape index (κ3) is 2.04. The zero-order valence-corrected chi connectivity index (χ0v) is 9.54. The zero-order valence-electron chi connectivity index (χ0n) is 8.79. The van der Waals surface area contributed by atoms with E-state index in [-0.39, 0.29) is 0 Å². The minimum atomic E-state index is -0.559. The van der Waals surface area contributed by atoms with Gasteiger partial charge in [-0.2, -0.15) is 5.26 Å². The Bertz CT molecular complexity index is 401. The van der Waals surface area contributed by atoms with E-state index in [1.54, 1.807) is 12.1 Å². The fourth-order valence-corrected chi connectivity index (χ4v) is 2.37. The van der Waals surface area contributed by atoms with E-state index in [0.29, 0.717) is 10.6 Å². The summed E-state index contributed by atoms with van der Waals surface area (Å²) < 4.78 is 13.7. The number of hydrogen-bond acceptors (Lipinski definition) is 2. The molecule has 1 fully saturated rings. The average molecular weight is 239 g/mol. The second kappa shape index (κ2) is 4.82. The standard InChI is InChI=1S/C12H12ClFN2/c13-9-4-3-5-10(14)12(9)11(8-15)16-6-1-2-7-16/h3-5,11H,1-2,6-7H2. The van der Waals surface area contributed by atoms with Crippen molar-refractivity contribution >= 4 is 11.6 Å². The van der Waals surface area contributed by atoms with Crippen molar-refractivity contribution < 1.29 is 4.39 Å². The summed E-state index contributed by atoms with van der Waals surface area (Å²) in [6.07, 6.45) is 2.12. The number of nitriles is 1. The lowest BCUT2D eigenvalue weighted by Crippen LogP contribution is -2.25. The fraction of sp³-hybridized carbons (Fsp3) is 0.417. The van der Waals surface area contributed by atoms with Gasteiger partial charge in [-0.05, 0) is 38.1 Å². The van der Waals surface area contributed by atoms with Crippen molar-refractivity contribution in [1.82, 2.24) is 4.90 Å². The Kier molecular flexibility index (Phi) is 3.42. The van der Waals surface area contributed by atoms with E-state index in [9.17, 15) is 9.65 Å². The van der Waals surface area contributed by atoms with E-state index in [4.69, 9.17) is 11.6 Å². The van der Waals surface area contributed by atoms with Crippen LogP contribution in [-0.4, -0.2) is 18.0 Å². The van der Waals surface area contributed by atoms with Crippen molar-refractivity contribution in [3.63, 3.8) is 0 Å². The summed E-state index contributed by atoms with van der Waals surface area (Å²) in [5, 5.41) is 9.50. The van der Waals surface area contributed by atoms with Gasteiger partial charge in [0.15, 0.2) is 0 Å². The van der Waals surface area contributed by atoms with Gasteiger partial charge in [0.25, 0.3) is 0 Å². The van der Waals surface area contributed by atoms with Crippen LogP contribution >= 0.6 is 11.6 Å². The van der Waals surface area contributed by atoms with Gasteiger partial charge < -0.3 is 0 Å². The Morgan fingerprint density at radius 3 is 2.62 bits per heavy atom. The number of benzene rings is 1. The molecular weight excluding hydrogens is 227 g/mol. The molecule has 0 aliphatic carbocycles. The smallest absolute Gasteiger partial charge is 0.130 e. The monoisotopic (exact) mass is 238 g/mol. The SMILES string of the molecule is N#CC(c1c(F)cccc1Cl)N1CCCC1. The highest BCUT2D eigenvalue weighted by molar-refractivity contribution is 6.31. The van der Waals surface area contributed by atoms with Crippen LogP contribution in [0, 0.1) is 17.1 Å². The number of nitrogens with zero attached hydrogens (tertiary/aromatic N) is 2. The molecule has 0 bridgehead atoms.